The maximum absolute atomic E-state index is 7.02. The van der Waals surface area contributed by atoms with E-state index in [-0.39, 0.29) is 0 Å². The molecule has 21 heteroatoms. The maximum atomic E-state index is 7.02. The van der Waals surface area contributed by atoms with Crippen LogP contribution in [0.4, 0.5) is 0 Å². The first-order chi connectivity index (χ1) is 17.8. The van der Waals surface area contributed by atoms with Crippen molar-refractivity contribution in [3.63, 3.8) is 0 Å². The van der Waals surface area contributed by atoms with Crippen LogP contribution in [0.25, 0.3) is 0 Å². The third-order valence-electron chi connectivity index (χ3n) is 4.20. The van der Waals surface area contributed by atoms with Crippen LogP contribution < -0.4 is 0 Å². The Morgan fingerprint density at radius 2 is 0.537 bits per heavy atom. The standard InChI is InChI=1S/C20H64O10Si11/c1-31(21-35(5,6)7)25-40(20,26-32(2)22-36(8,9)10)30-41(29-39(17,18)19,27-33(3)23-37(11,12)13)28-34(4)24-38(14,15)16/h31-34H,1-20H3. The van der Waals surface area contributed by atoms with Crippen molar-refractivity contribution in [3.05, 3.63) is 0 Å². The van der Waals surface area contributed by atoms with E-state index in [9.17, 15) is 0 Å². The molecule has 248 valence electrons. The van der Waals surface area contributed by atoms with Gasteiger partial charge >= 0.3 is 55.0 Å². The van der Waals surface area contributed by atoms with E-state index in [2.05, 4.69) is 98.2 Å². The van der Waals surface area contributed by atoms with Crippen LogP contribution in [0.3, 0.4) is 0 Å². The molecule has 0 heterocycles. The summed E-state index contributed by atoms with van der Waals surface area (Å²) in [7, 11) is -26.0. The number of rotatable bonds is 20. The summed E-state index contributed by atoms with van der Waals surface area (Å²) in [6.07, 6.45) is 0. The SMILES string of the molecule is C[SiH](O[Si](C)(C)C)O[Si](C)(O[SiH](C)O[Si](C)(C)C)O[Si](O[SiH](C)O[Si](C)(C)C)(O[SiH](C)O[Si](C)(C)C)O[Si](C)(C)C. The van der Waals surface area contributed by atoms with Crippen LogP contribution in [0.5, 0.6) is 0 Å². The summed E-state index contributed by atoms with van der Waals surface area (Å²) >= 11 is 0. The van der Waals surface area contributed by atoms with Crippen molar-refractivity contribution < 1.29 is 41.2 Å². The second kappa shape index (κ2) is 16.2. The summed E-state index contributed by atoms with van der Waals surface area (Å²) in [5.74, 6) is 0. The first-order valence-electron chi connectivity index (χ1n) is 14.6. The molecule has 0 N–H and O–H groups in total. The van der Waals surface area contributed by atoms with E-state index >= 15 is 0 Å². The van der Waals surface area contributed by atoms with Gasteiger partial charge in [0.05, 0.1) is 0 Å². The zero-order valence-corrected chi connectivity index (χ0v) is 41.5. The Kier molecular flexibility index (Phi) is 17.0. The second-order valence-corrected chi connectivity index (χ2v) is 52.9. The van der Waals surface area contributed by atoms with E-state index < -0.39 is 96.6 Å². The molecule has 4 atom stereocenters. The highest BCUT2D eigenvalue weighted by molar-refractivity contribution is 6.89. The Hall–Kier alpha value is 1.99. The second-order valence-electron chi connectivity index (χ2n) is 15.3. The topological polar surface area (TPSA) is 92.3 Å². The van der Waals surface area contributed by atoms with Crippen molar-refractivity contribution in [2.24, 2.45) is 0 Å². The Balaban J connectivity index is 6.85. The predicted octanol–water partition coefficient (Wildman–Crippen LogP) is 5.73. The minimum atomic E-state index is -3.90. The molecule has 0 fully saturated rings. The van der Waals surface area contributed by atoms with Crippen LogP contribution in [0.2, 0.25) is 131 Å². The van der Waals surface area contributed by atoms with Crippen LogP contribution in [-0.4, -0.2) is 96.6 Å². The van der Waals surface area contributed by atoms with Gasteiger partial charge in [0, 0.05) is 6.55 Å². The largest absolute Gasteiger partial charge is 0.642 e. The van der Waals surface area contributed by atoms with Crippen LogP contribution in [0.1, 0.15) is 0 Å². The molecule has 0 bridgehead atoms. The summed E-state index contributed by atoms with van der Waals surface area (Å²) in [4.78, 5) is 0. The zero-order valence-electron chi connectivity index (χ0n) is 29.9. The molecular formula is C20H64O10Si11. The highest BCUT2D eigenvalue weighted by atomic mass is 28.6. The molecule has 0 aliphatic rings. The van der Waals surface area contributed by atoms with Gasteiger partial charge in [-0.25, -0.2) is 0 Å². The molecule has 0 aromatic rings. The van der Waals surface area contributed by atoms with Gasteiger partial charge in [0.15, 0.2) is 41.6 Å². The third-order valence-corrected chi connectivity index (χ3v) is 37.8. The van der Waals surface area contributed by atoms with E-state index in [0.29, 0.717) is 0 Å². The quantitative estimate of drug-likeness (QED) is 0.143. The van der Waals surface area contributed by atoms with Gasteiger partial charge in [-0.15, -0.1) is 0 Å². The monoisotopic (exact) mass is 772 g/mol. The Morgan fingerprint density at radius 3 is 0.756 bits per heavy atom. The number of hydrogen-bond donors (Lipinski definition) is 0. The molecule has 0 saturated heterocycles. The maximum Gasteiger partial charge on any atom is 0.642 e. The van der Waals surface area contributed by atoms with Gasteiger partial charge in [0.1, 0.15) is 0 Å². The Morgan fingerprint density at radius 1 is 0.293 bits per heavy atom. The van der Waals surface area contributed by atoms with Crippen LogP contribution >= 0.6 is 0 Å². The fourth-order valence-corrected chi connectivity index (χ4v) is 41.0. The molecule has 0 amide bonds. The van der Waals surface area contributed by atoms with Crippen molar-refractivity contribution in [2.75, 3.05) is 0 Å². The average Bonchev–Trinajstić information content (AvgIpc) is 2.50. The van der Waals surface area contributed by atoms with Crippen molar-refractivity contribution in [1.82, 2.24) is 0 Å². The summed E-state index contributed by atoms with van der Waals surface area (Å²) in [6, 6.07) is 0. The zero-order chi connectivity index (χ0) is 32.9. The lowest BCUT2D eigenvalue weighted by Crippen LogP contribution is -2.67. The molecule has 0 aromatic carbocycles. The highest BCUT2D eigenvalue weighted by Gasteiger charge is 2.59. The summed E-state index contributed by atoms with van der Waals surface area (Å²) < 4.78 is 66.7. The van der Waals surface area contributed by atoms with Crippen LogP contribution in [-0.2, 0) is 41.2 Å². The third kappa shape index (κ3) is 23.0. The lowest BCUT2D eigenvalue weighted by molar-refractivity contribution is 0.0980. The van der Waals surface area contributed by atoms with Crippen molar-refractivity contribution in [3.8, 4) is 0 Å². The molecule has 41 heavy (non-hydrogen) atoms. The summed E-state index contributed by atoms with van der Waals surface area (Å²) in [6.45, 7) is 42.2. The minimum absolute atomic E-state index is 1.86. The molecule has 0 saturated carbocycles. The smallest absolute Gasteiger partial charge is 0.439 e. The van der Waals surface area contributed by atoms with Crippen molar-refractivity contribution >= 4 is 96.6 Å². The fraction of sp³-hybridized carbons (Fsp3) is 1.00. The molecule has 0 aliphatic heterocycles. The summed E-state index contributed by atoms with van der Waals surface area (Å²) in [5.41, 5.74) is 0. The van der Waals surface area contributed by atoms with Crippen molar-refractivity contribution in [2.45, 2.75) is 131 Å². The normalized spacial score (nSPS) is 20.2. The van der Waals surface area contributed by atoms with Gasteiger partial charge < -0.3 is 41.2 Å². The van der Waals surface area contributed by atoms with E-state index in [1.54, 1.807) is 0 Å². The van der Waals surface area contributed by atoms with E-state index in [4.69, 9.17) is 41.2 Å². The molecule has 0 radical (unpaired) electrons. The molecular weight excluding hydrogens is 709 g/mol. The molecule has 10 nitrogen and oxygen atoms in total. The minimum Gasteiger partial charge on any atom is -0.439 e. The Bertz CT molecular complexity index is 730. The van der Waals surface area contributed by atoms with Gasteiger partial charge in [0.25, 0.3) is 0 Å². The molecule has 0 rings (SSSR count). The molecule has 0 aliphatic carbocycles. The predicted molar refractivity (Wildman–Crippen MR) is 197 cm³/mol. The van der Waals surface area contributed by atoms with Crippen molar-refractivity contribution in [1.29, 1.82) is 0 Å². The van der Waals surface area contributed by atoms with Crippen LogP contribution in [0.15, 0.2) is 0 Å². The van der Waals surface area contributed by atoms with Gasteiger partial charge in [-0.2, -0.15) is 0 Å². The first kappa shape index (κ1) is 43.0. The molecule has 0 spiro atoms. The fourth-order valence-electron chi connectivity index (χ4n) is 3.92. The van der Waals surface area contributed by atoms with E-state index in [1.165, 1.54) is 0 Å². The lowest BCUT2D eigenvalue weighted by Gasteiger charge is -2.43. The molecule has 0 aromatic heterocycles. The Labute approximate surface area is 267 Å². The number of hydrogen-bond acceptors (Lipinski definition) is 10. The average molecular weight is 774 g/mol. The van der Waals surface area contributed by atoms with Gasteiger partial charge in [0.2, 0.25) is 0 Å². The van der Waals surface area contributed by atoms with Gasteiger partial charge in [-0.05, 0) is 124 Å². The lowest BCUT2D eigenvalue weighted by atomic mass is 11.8. The van der Waals surface area contributed by atoms with E-state index in [0.717, 1.165) is 0 Å². The van der Waals surface area contributed by atoms with Crippen LogP contribution in [0, 0.1) is 0 Å². The summed E-state index contributed by atoms with van der Waals surface area (Å²) in [5, 5.41) is 0. The highest BCUT2D eigenvalue weighted by Crippen LogP contribution is 2.29. The van der Waals surface area contributed by atoms with Gasteiger partial charge in [-0.1, -0.05) is 0 Å². The molecule has 4 unspecified atom stereocenters. The van der Waals surface area contributed by atoms with E-state index in [1.807, 2.05) is 32.7 Å². The van der Waals surface area contributed by atoms with Gasteiger partial charge in [-0.3, -0.25) is 0 Å². The first-order valence-corrected chi connectivity index (χ1v) is 43.9.